The molecule has 0 spiro atoms. The van der Waals surface area contributed by atoms with Gasteiger partial charge in [0, 0.05) is 8.95 Å². The maximum absolute atomic E-state index is 12.3. The van der Waals surface area contributed by atoms with Gasteiger partial charge in [0.15, 0.2) is 0 Å². The highest BCUT2D eigenvalue weighted by atomic mass is 79.9. The van der Waals surface area contributed by atoms with Gasteiger partial charge < -0.3 is 0 Å². The van der Waals surface area contributed by atoms with E-state index in [-0.39, 0.29) is 4.90 Å². The summed E-state index contributed by atoms with van der Waals surface area (Å²) in [6, 6.07) is 12.3. The molecule has 0 bridgehead atoms. The Hall–Kier alpha value is -1.18. The van der Waals surface area contributed by atoms with E-state index in [4.69, 9.17) is 0 Å². The van der Waals surface area contributed by atoms with Gasteiger partial charge in [0.2, 0.25) is 0 Å². The summed E-state index contributed by atoms with van der Waals surface area (Å²) in [6.45, 7) is 3.83. The second kappa shape index (κ2) is 7.59. The molecule has 0 fully saturated rings. The lowest BCUT2D eigenvalue weighted by Gasteiger charge is -2.08. The van der Waals surface area contributed by atoms with Crippen LogP contribution in [-0.4, -0.2) is 14.1 Å². The SMILES string of the molecule is CCC(=NNS(=O)(=O)c1ccc(C)cc1)c1ccc(Br)c(Br)c1. The minimum absolute atomic E-state index is 0.194. The smallest absolute Gasteiger partial charge is 0.200 e. The lowest BCUT2D eigenvalue weighted by Crippen LogP contribution is -2.20. The molecule has 0 aliphatic carbocycles. The Morgan fingerprint density at radius 3 is 2.30 bits per heavy atom. The molecule has 2 aromatic rings. The first-order valence-electron chi connectivity index (χ1n) is 6.94. The topological polar surface area (TPSA) is 58.5 Å². The van der Waals surface area contributed by atoms with Crippen LogP contribution in [0.1, 0.15) is 24.5 Å². The van der Waals surface area contributed by atoms with Crippen LogP contribution >= 0.6 is 31.9 Å². The monoisotopic (exact) mass is 458 g/mol. The fourth-order valence-electron chi connectivity index (χ4n) is 1.91. The van der Waals surface area contributed by atoms with Crippen LogP contribution in [0.5, 0.6) is 0 Å². The molecule has 0 aromatic heterocycles. The highest BCUT2D eigenvalue weighted by molar-refractivity contribution is 9.13. The van der Waals surface area contributed by atoms with Gasteiger partial charge >= 0.3 is 0 Å². The van der Waals surface area contributed by atoms with Crippen molar-refractivity contribution in [3.63, 3.8) is 0 Å². The molecule has 23 heavy (non-hydrogen) atoms. The second-order valence-corrected chi connectivity index (χ2v) is 8.32. The molecule has 2 aromatic carbocycles. The van der Waals surface area contributed by atoms with E-state index in [1.54, 1.807) is 24.3 Å². The molecule has 1 N–H and O–H groups in total. The van der Waals surface area contributed by atoms with Gasteiger partial charge in [0.25, 0.3) is 10.0 Å². The minimum atomic E-state index is -3.67. The Balaban J connectivity index is 2.28. The van der Waals surface area contributed by atoms with Crippen molar-refractivity contribution in [2.75, 3.05) is 0 Å². The molecule has 0 radical (unpaired) electrons. The van der Waals surface area contributed by atoms with Gasteiger partial charge in [-0.25, -0.2) is 0 Å². The number of sulfonamides is 1. The third-order valence-corrected chi connectivity index (χ3v) is 6.32. The zero-order valence-corrected chi connectivity index (χ0v) is 16.7. The standard InChI is InChI=1S/C16H16Br2N2O2S/c1-3-16(12-6-9-14(17)15(18)10-12)19-20-23(21,22)13-7-4-11(2)5-8-13/h4-10,20H,3H2,1-2H3. The number of nitrogens with one attached hydrogen (secondary N) is 1. The largest absolute Gasteiger partial charge is 0.276 e. The number of hydrogen-bond donors (Lipinski definition) is 1. The molecule has 122 valence electrons. The summed E-state index contributed by atoms with van der Waals surface area (Å²) < 4.78 is 26.4. The Morgan fingerprint density at radius 2 is 1.74 bits per heavy atom. The summed E-state index contributed by atoms with van der Waals surface area (Å²) >= 11 is 6.85. The van der Waals surface area contributed by atoms with E-state index < -0.39 is 10.0 Å². The molecule has 0 amide bonds. The van der Waals surface area contributed by atoms with Crippen LogP contribution in [0.15, 0.2) is 61.4 Å². The van der Waals surface area contributed by atoms with Crippen molar-refractivity contribution in [2.24, 2.45) is 5.10 Å². The summed E-state index contributed by atoms with van der Waals surface area (Å²) in [5.74, 6) is 0. The maximum atomic E-state index is 12.3. The average Bonchev–Trinajstić information content (AvgIpc) is 2.51. The first kappa shape index (κ1) is 18.2. The number of aryl methyl sites for hydroxylation is 1. The Labute approximate surface area is 153 Å². The normalized spacial score (nSPS) is 12.3. The fraction of sp³-hybridized carbons (Fsp3) is 0.188. The van der Waals surface area contributed by atoms with Crippen molar-refractivity contribution >= 4 is 47.6 Å². The number of benzene rings is 2. The molecule has 0 heterocycles. The molecular weight excluding hydrogens is 444 g/mol. The summed E-state index contributed by atoms with van der Waals surface area (Å²) in [4.78, 5) is 2.51. The van der Waals surface area contributed by atoms with Gasteiger partial charge in [0.05, 0.1) is 10.6 Å². The number of hydrogen-bond acceptors (Lipinski definition) is 3. The van der Waals surface area contributed by atoms with E-state index in [2.05, 4.69) is 41.8 Å². The van der Waals surface area contributed by atoms with Crippen molar-refractivity contribution in [2.45, 2.75) is 25.2 Å². The van der Waals surface area contributed by atoms with Crippen molar-refractivity contribution in [3.05, 3.63) is 62.5 Å². The van der Waals surface area contributed by atoms with E-state index >= 15 is 0 Å². The van der Waals surface area contributed by atoms with Crippen LogP contribution in [0.3, 0.4) is 0 Å². The lowest BCUT2D eigenvalue weighted by atomic mass is 10.1. The number of halogens is 2. The van der Waals surface area contributed by atoms with E-state index in [0.29, 0.717) is 12.1 Å². The predicted octanol–water partition coefficient (Wildman–Crippen LogP) is 4.61. The molecule has 0 aliphatic heterocycles. The minimum Gasteiger partial charge on any atom is -0.200 e. The Kier molecular flexibility index (Phi) is 6.00. The van der Waals surface area contributed by atoms with E-state index in [1.807, 2.05) is 32.0 Å². The first-order chi connectivity index (χ1) is 10.8. The lowest BCUT2D eigenvalue weighted by molar-refractivity contribution is 0.584. The van der Waals surface area contributed by atoms with Gasteiger partial charge in [-0.2, -0.15) is 18.4 Å². The summed E-state index contributed by atoms with van der Waals surface area (Å²) in [6.07, 6.45) is 0.602. The zero-order valence-electron chi connectivity index (χ0n) is 12.7. The molecule has 0 atom stereocenters. The van der Waals surface area contributed by atoms with Crippen molar-refractivity contribution in [1.82, 2.24) is 4.83 Å². The maximum Gasteiger partial charge on any atom is 0.276 e. The number of rotatable bonds is 5. The van der Waals surface area contributed by atoms with Crippen LogP contribution in [0.25, 0.3) is 0 Å². The van der Waals surface area contributed by atoms with Crippen LogP contribution in [-0.2, 0) is 10.0 Å². The molecule has 7 heteroatoms. The van der Waals surface area contributed by atoms with Gasteiger partial charge in [-0.15, -0.1) is 0 Å². The third-order valence-electron chi connectivity index (χ3n) is 3.22. The second-order valence-electron chi connectivity index (χ2n) is 4.95. The van der Waals surface area contributed by atoms with Gasteiger partial charge in [-0.05, 0) is 75.0 Å². The number of nitrogens with zero attached hydrogens (tertiary/aromatic N) is 1. The van der Waals surface area contributed by atoms with E-state index in [9.17, 15) is 8.42 Å². The van der Waals surface area contributed by atoms with Crippen molar-refractivity contribution in [3.8, 4) is 0 Å². The van der Waals surface area contributed by atoms with Crippen LogP contribution in [0.4, 0.5) is 0 Å². The zero-order chi connectivity index (χ0) is 17.0. The molecule has 2 rings (SSSR count). The van der Waals surface area contributed by atoms with Crippen molar-refractivity contribution < 1.29 is 8.42 Å². The Morgan fingerprint density at radius 1 is 1.09 bits per heavy atom. The first-order valence-corrected chi connectivity index (χ1v) is 10.0. The molecule has 0 saturated carbocycles. The molecule has 0 unspecified atom stereocenters. The molecule has 0 aliphatic rings. The fourth-order valence-corrected chi connectivity index (χ4v) is 3.36. The quantitative estimate of drug-likeness (QED) is 0.524. The Bertz CT molecular complexity index is 832. The highest BCUT2D eigenvalue weighted by Gasteiger charge is 2.13. The predicted molar refractivity (Wildman–Crippen MR) is 100 cm³/mol. The van der Waals surface area contributed by atoms with Crippen LogP contribution < -0.4 is 4.83 Å². The average molecular weight is 460 g/mol. The molecular formula is C16H16Br2N2O2S. The summed E-state index contributed by atoms with van der Waals surface area (Å²) in [7, 11) is -3.67. The van der Waals surface area contributed by atoms with Gasteiger partial charge in [-0.3, -0.25) is 0 Å². The van der Waals surface area contributed by atoms with E-state index in [0.717, 1.165) is 20.1 Å². The summed E-state index contributed by atoms with van der Waals surface area (Å²) in [5.41, 5.74) is 2.52. The van der Waals surface area contributed by atoms with Gasteiger partial charge in [-0.1, -0.05) is 30.7 Å². The van der Waals surface area contributed by atoms with E-state index in [1.165, 1.54) is 0 Å². The highest BCUT2D eigenvalue weighted by Crippen LogP contribution is 2.24. The molecule has 4 nitrogen and oxygen atoms in total. The van der Waals surface area contributed by atoms with Crippen LogP contribution in [0, 0.1) is 6.92 Å². The summed E-state index contributed by atoms with van der Waals surface area (Å²) in [5, 5.41) is 4.10. The van der Waals surface area contributed by atoms with Crippen molar-refractivity contribution in [1.29, 1.82) is 0 Å². The third kappa shape index (κ3) is 4.65. The van der Waals surface area contributed by atoms with Crippen LogP contribution in [0.2, 0.25) is 0 Å². The molecule has 0 saturated heterocycles. The van der Waals surface area contributed by atoms with Gasteiger partial charge in [0.1, 0.15) is 0 Å². The number of hydrazone groups is 1.